The summed E-state index contributed by atoms with van der Waals surface area (Å²) >= 11 is 3.33. The minimum Gasteiger partial charge on any atom is -0.370 e. The largest absolute Gasteiger partial charge is 0.370 e. The molecule has 5 nitrogen and oxygen atoms in total. The predicted octanol–water partition coefficient (Wildman–Crippen LogP) is 3.40. The van der Waals surface area contributed by atoms with Gasteiger partial charge in [-0.3, -0.25) is 4.79 Å². The summed E-state index contributed by atoms with van der Waals surface area (Å²) in [6, 6.07) is 10.5. The molecule has 0 fully saturated rings. The number of halogens is 1. The lowest BCUT2D eigenvalue weighted by Crippen LogP contribution is -2.16. The van der Waals surface area contributed by atoms with Crippen molar-refractivity contribution in [3.8, 4) is 6.07 Å². The number of amides is 1. The molecule has 0 radical (unpaired) electrons. The minimum absolute atomic E-state index is 0.311. The summed E-state index contributed by atoms with van der Waals surface area (Å²) in [7, 11) is 0. The molecule has 0 aliphatic heterocycles. The third-order valence-corrected chi connectivity index (χ3v) is 3.24. The van der Waals surface area contributed by atoms with Crippen LogP contribution in [0.15, 0.2) is 41.0 Å². The first-order chi connectivity index (χ1) is 10.2. The minimum atomic E-state index is -0.311. The van der Waals surface area contributed by atoms with Gasteiger partial charge in [0.25, 0.3) is 5.91 Å². The van der Waals surface area contributed by atoms with Gasteiger partial charge in [0.15, 0.2) is 0 Å². The van der Waals surface area contributed by atoms with Crippen LogP contribution in [0.3, 0.4) is 0 Å². The van der Waals surface area contributed by atoms with Crippen molar-refractivity contribution in [2.24, 2.45) is 0 Å². The summed E-state index contributed by atoms with van der Waals surface area (Å²) < 4.78 is 0.787. The number of aromatic nitrogens is 1. The zero-order valence-corrected chi connectivity index (χ0v) is 12.9. The number of carbonyl (C=O) groups excluding carboxylic acids is 1. The Bertz CT molecular complexity index is 709. The second kappa shape index (κ2) is 6.86. The highest BCUT2D eigenvalue weighted by molar-refractivity contribution is 9.10. The van der Waals surface area contributed by atoms with Crippen LogP contribution in [0.5, 0.6) is 0 Å². The number of nitriles is 1. The van der Waals surface area contributed by atoms with Gasteiger partial charge < -0.3 is 10.6 Å². The average Bonchev–Trinajstić information content (AvgIpc) is 2.48. The SMILES string of the molecule is CCNc1ncccc1C(=O)Nc1cc(Br)ccc1C#N. The molecule has 0 aliphatic rings. The fourth-order valence-corrected chi connectivity index (χ4v) is 2.16. The van der Waals surface area contributed by atoms with Crippen LogP contribution >= 0.6 is 15.9 Å². The van der Waals surface area contributed by atoms with Crippen molar-refractivity contribution in [2.75, 3.05) is 17.2 Å². The predicted molar refractivity (Wildman–Crippen MR) is 85.2 cm³/mol. The Kier molecular flexibility index (Phi) is 4.90. The normalized spacial score (nSPS) is 9.76. The van der Waals surface area contributed by atoms with Crippen molar-refractivity contribution in [1.29, 1.82) is 5.26 Å². The molecule has 0 unspecified atom stereocenters. The Labute approximate surface area is 131 Å². The fraction of sp³-hybridized carbons (Fsp3) is 0.133. The number of hydrogen-bond donors (Lipinski definition) is 2. The van der Waals surface area contributed by atoms with Gasteiger partial charge in [0.1, 0.15) is 11.9 Å². The molecule has 6 heteroatoms. The number of rotatable bonds is 4. The van der Waals surface area contributed by atoms with Gasteiger partial charge in [-0.1, -0.05) is 15.9 Å². The maximum atomic E-state index is 12.4. The van der Waals surface area contributed by atoms with E-state index in [1.807, 2.05) is 6.92 Å². The van der Waals surface area contributed by atoms with Crippen LogP contribution in [-0.4, -0.2) is 17.4 Å². The van der Waals surface area contributed by atoms with Gasteiger partial charge in [0.05, 0.1) is 16.8 Å². The van der Waals surface area contributed by atoms with Crippen LogP contribution < -0.4 is 10.6 Å². The van der Waals surface area contributed by atoms with E-state index >= 15 is 0 Å². The summed E-state index contributed by atoms with van der Waals surface area (Å²) in [4.78, 5) is 16.5. The van der Waals surface area contributed by atoms with Gasteiger partial charge in [-0.15, -0.1) is 0 Å². The zero-order valence-electron chi connectivity index (χ0n) is 11.4. The number of nitrogens with zero attached hydrogens (tertiary/aromatic N) is 2. The topological polar surface area (TPSA) is 77.8 Å². The molecule has 1 aromatic heterocycles. The highest BCUT2D eigenvalue weighted by Gasteiger charge is 2.14. The van der Waals surface area contributed by atoms with E-state index in [9.17, 15) is 4.79 Å². The maximum absolute atomic E-state index is 12.4. The van der Waals surface area contributed by atoms with E-state index in [4.69, 9.17) is 5.26 Å². The molecule has 106 valence electrons. The van der Waals surface area contributed by atoms with Crippen LogP contribution in [-0.2, 0) is 0 Å². The van der Waals surface area contributed by atoms with Crippen molar-refractivity contribution in [1.82, 2.24) is 4.98 Å². The highest BCUT2D eigenvalue weighted by Crippen LogP contribution is 2.22. The molecule has 0 aliphatic carbocycles. The van der Waals surface area contributed by atoms with Gasteiger partial charge >= 0.3 is 0 Å². The van der Waals surface area contributed by atoms with E-state index in [0.717, 1.165) is 4.47 Å². The lowest BCUT2D eigenvalue weighted by Gasteiger charge is -2.11. The number of pyridine rings is 1. The van der Waals surface area contributed by atoms with E-state index in [1.54, 1.807) is 36.5 Å². The lowest BCUT2D eigenvalue weighted by atomic mass is 10.1. The zero-order chi connectivity index (χ0) is 15.2. The number of nitrogens with one attached hydrogen (secondary N) is 2. The van der Waals surface area contributed by atoms with Gasteiger partial charge in [0, 0.05) is 17.2 Å². The highest BCUT2D eigenvalue weighted by atomic mass is 79.9. The summed E-state index contributed by atoms with van der Waals surface area (Å²) in [5.74, 6) is 0.208. The molecule has 2 rings (SSSR count). The second-order valence-corrected chi connectivity index (χ2v) is 5.10. The maximum Gasteiger partial charge on any atom is 0.259 e. The summed E-state index contributed by atoms with van der Waals surface area (Å²) in [5.41, 5.74) is 1.30. The van der Waals surface area contributed by atoms with Gasteiger partial charge in [-0.05, 0) is 37.3 Å². The molecule has 1 aromatic carbocycles. The van der Waals surface area contributed by atoms with E-state index in [2.05, 4.69) is 37.6 Å². The molecule has 0 atom stereocenters. The van der Waals surface area contributed by atoms with Crippen molar-refractivity contribution in [2.45, 2.75) is 6.92 Å². The Morgan fingerprint density at radius 1 is 1.43 bits per heavy atom. The van der Waals surface area contributed by atoms with Gasteiger partial charge in [-0.2, -0.15) is 5.26 Å². The molecule has 0 saturated heterocycles. The van der Waals surface area contributed by atoms with Crippen molar-refractivity contribution < 1.29 is 4.79 Å². The van der Waals surface area contributed by atoms with Crippen LogP contribution in [0.25, 0.3) is 0 Å². The quantitative estimate of drug-likeness (QED) is 0.890. The molecule has 0 spiro atoms. The smallest absolute Gasteiger partial charge is 0.259 e. The third-order valence-electron chi connectivity index (χ3n) is 2.75. The third kappa shape index (κ3) is 3.58. The van der Waals surface area contributed by atoms with E-state index in [0.29, 0.717) is 29.2 Å². The molecular weight excluding hydrogens is 332 g/mol. The van der Waals surface area contributed by atoms with Crippen LogP contribution in [0, 0.1) is 11.3 Å². The van der Waals surface area contributed by atoms with Crippen LogP contribution in [0.1, 0.15) is 22.8 Å². The van der Waals surface area contributed by atoms with Crippen molar-refractivity contribution in [3.05, 3.63) is 52.1 Å². The second-order valence-electron chi connectivity index (χ2n) is 4.19. The van der Waals surface area contributed by atoms with E-state index < -0.39 is 0 Å². The van der Waals surface area contributed by atoms with E-state index in [-0.39, 0.29) is 5.91 Å². The monoisotopic (exact) mass is 344 g/mol. The van der Waals surface area contributed by atoms with Crippen LogP contribution in [0.4, 0.5) is 11.5 Å². The average molecular weight is 345 g/mol. The Morgan fingerprint density at radius 3 is 2.95 bits per heavy atom. The molecule has 1 amide bonds. The first kappa shape index (κ1) is 15.0. The number of benzene rings is 1. The lowest BCUT2D eigenvalue weighted by molar-refractivity contribution is 0.102. The standard InChI is InChI=1S/C15H13BrN4O/c1-2-18-14-12(4-3-7-19-14)15(21)20-13-8-11(16)6-5-10(13)9-17/h3-8H,2H2,1H3,(H,18,19)(H,20,21). The summed E-state index contributed by atoms with van der Waals surface area (Å²) in [5, 5.41) is 14.9. The number of carbonyl (C=O) groups is 1. The fourth-order valence-electron chi connectivity index (χ4n) is 1.80. The Morgan fingerprint density at radius 2 is 2.24 bits per heavy atom. The molecular formula is C15H13BrN4O. The molecule has 2 N–H and O–H groups in total. The molecule has 2 aromatic rings. The first-order valence-electron chi connectivity index (χ1n) is 6.35. The summed E-state index contributed by atoms with van der Waals surface area (Å²) in [6.45, 7) is 2.59. The first-order valence-corrected chi connectivity index (χ1v) is 7.15. The van der Waals surface area contributed by atoms with Crippen molar-refractivity contribution in [3.63, 3.8) is 0 Å². The Hall–Kier alpha value is -2.39. The molecule has 0 bridgehead atoms. The summed E-state index contributed by atoms with van der Waals surface area (Å²) in [6.07, 6.45) is 1.62. The number of hydrogen-bond acceptors (Lipinski definition) is 4. The number of anilines is 2. The van der Waals surface area contributed by atoms with Gasteiger partial charge in [-0.25, -0.2) is 4.98 Å². The van der Waals surface area contributed by atoms with Crippen LogP contribution in [0.2, 0.25) is 0 Å². The molecule has 21 heavy (non-hydrogen) atoms. The molecule has 1 heterocycles. The van der Waals surface area contributed by atoms with Crippen molar-refractivity contribution >= 4 is 33.3 Å². The van der Waals surface area contributed by atoms with E-state index in [1.165, 1.54) is 0 Å². The van der Waals surface area contributed by atoms with Gasteiger partial charge in [0.2, 0.25) is 0 Å². The molecule has 0 saturated carbocycles. The Balaban J connectivity index is 2.31.